The minimum Gasteiger partial charge on any atom is -0.384 e. The smallest absolute Gasteiger partial charge is 0.265 e. The topological polar surface area (TPSA) is 76.7 Å². The summed E-state index contributed by atoms with van der Waals surface area (Å²) in [4.78, 5) is 16.8. The molecule has 3 N–H and O–H groups in total. The summed E-state index contributed by atoms with van der Waals surface area (Å²) in [5.74, 6) is 0.407. The summed E-state index contributed by atoms with van der Waals surface area (Å²) in [5, 5.41) is 6.49. The van der Waals surface area contributed by atoms with E-state index in [4.69, 9.17) is 10.6 Å². The molecule has 2 aromatic rings. The van der Waals surface area contributed by atoms with Crippen LogP contribution in [0.15, 0.2) is 59.8 Å². The van der Waals surface area contributed by atoms with Gasteiger partial charge < -0.3 is 15.9 Å². The summed E-state index contributed by atoms with van der Waals surface area (Å²) >= 11 is 0. The van der Waals surface area contributed by atoms with Crippen molar-refractivity contribution in [3.05, 3.63) is 65.7 Å². The van der Waals surface area contributed by atoms with Crippen molar-refractivity contribution in [2.45, 2.75) is 19.8 Å². The zero-order valence-electron chi connectivity index (χ0n) is 13.3. The van der Waals surface area contributed by atoms with Gasteiger partial charge in [0.1, 0.15) is 0 Å². The Kier molecular flexibility index (Phi) is 5.74. The molecule has 0 heterocycles. The number of carbonyl (C=O) groups excluding carboxylic acids is 1. The molecule has 0 spiro atoms. The number of hydrogen-bond donors (Lipinski definition) is 2. The van der Waals surface area contributed by atoms with Crippen molar-refractivity contribution in [3.63, 3.8) is 0 Å². The van der Waals surface area contributed by atoms with Gasteiger partial charge in [0.2, 0.25) is 0 Å². The summed E-state index contributed by atoms with van der Waals surface area (Å²) in [6.45, 7) is 4.05. The monoisotopic (exact) mass is 311 g/mol. The zero-order valence-corrected chi connectivity index (χ0v) is 13.3. The van der Waals surface area contributed by atoms with Crippen molar-refractivity contribution in [2.75, 3.05) is 11.9 Å². The Bertz CT molecular complexity index is 664. The number of amides is 1. The van der Waals surface area contributed by atoms with E-state index in [9.17, 15) is 4.79 Å². The van der Waals surface area contributed by atoms with E-state index in [0.717, 1.165) is 11.3 Å². The number of nitrogens with one attached hydrogen (secondary N) is 1. The van der Waals surface area contributed by atoms with E-state index in [1.54, 1.807) is 0 Å². The van der Waals surface area contributed by atoms with E-state index in [1.165, 1.54) is 5.56 Å². The molecule has 0 saturated carbocycles. The van der Waals surface area contributed by atoms with Crippen molar-refractivity contribution in [3.8, 4) is 0 Å². The molecule has 1 amide bonds. The molecule has 2 aromatic carbocycles. The Morgan fingerprint density at radius 3 is 2.39 bits per heavy atom. The van der Waals surface area contributed by atoms with Crippen molar-refractivity contribution in [2.24, 2.45) is 10.9 Å². The van der Waals surface area contributed by atoms with Gasteiger partial charge in [0, 0.05) is 11.3 Å². The number of amidine groups is 1. The normalized spacial score (nSPS) is 11.3. The number of anilines is 1. The van der Waals surface area contributed by atoms with Crippen molar-refractivity contribution < 1.29 is 9.63 Å². The SMILES string of the molecule is CC(C)c1ccc(NC(=O)CO/N=C(/N)c2ccccc2)cc1. The fraction of sp³-hybridized carbons (Fsp3) is 0.222. The van der Waals surface area contributed by atoms with Crippen LogP contribution in [0.5, 0.6) is 0 Å². The Labute approximate surface area is 136 Å². The fourth-order valence-corrected chi connectivity index (χ4v) is 1.97. The van der Waals surface area contributed by atoms with E-state index in [-0.39, 0.29) is 18.3 Å². The lowest BCUT2D eigenvalue weighted by molar-refractivity contribution is -0.120. The molecule has 0 fully saturated rings. The second-order valence-corrected chi connectivity index (χ2v) is 5.44. The van der Waals surface area contributed by atoms with Crippen LogP contribution in [0.1, 0.15) is 30.9 Å². The molecule has 0 radical (unpaired) electrons. The molecule has 120 valence electrons. The van der Waals surface area contributed by atoms with Gasteiger partial charge in [-0.1, -0.05) is 61.5 Å². The highest BCUT2D eigenvalue weighted by Crippen LogP contribution is 2.16. The van der Waals surface area contributed by atoms with E-state index in [1.807, 2.05) is 54.6 Å². The zero-order chi connectivity index (χ0) is 16.7. The first-order valence-electron chi connectivity index (χ1n) is 7.47. The van der Waals surface area contributed by atoms with Gasteiger partial charge in [0.25, 0.3) is 5.91 Å². The Hall–Kier alpha value is -2.82. The highest BCUT2D eigenvalue weighted by Gasteiger charge is 2.05. The molecule has 0 aromatic heterocycles. The molecule has 0 aliphatic rings. The van der Waals surface area contributed by atoms with E-state index >= 15 is 0 Å². The molecular weight excluding hydrogens is 290 g/mol. The largest absolute Gasteiger partial charge is 0.384 e. The fourth-order valence-electron chi connectivity index (χ4n) is 1.97. The maximum Gasteiger partial charge on any atom is 0.265 e. The third kappa shape index (κ3) is 5.14. The van der Waals surface area contributed by atoms with E-state index in [0.29, 0.717) is 5.92 Å². The molecule has 5 nitrogen and oxygen atoms in total. The molecule has 0 aliphatic heterocycles. The Morgan fingerprint density at radius 2 is 1.78 bits per heavy atom. The molecule has 5 heteroatoms. The van der Waals surface area contributed by atoms with Crippen molar-refractivity contribution in [1.29, 1.82) is 0 Å². The van der Waals surface area contributed by atoms with Crippen LogP contribution < -0.4 is 11.1 Å². The Balaban J connectivity index is 1.83. The molecule has 0 bridgehead atoms. The van der Waals surface area contributed by atoms with Crippen molar-refractivity contribution in [1.82, 2.24) is 0 Å². The number of carbonyl (C=O) groups is 1. The van der Waals surface area contributed by atoms with Crippen LogP contribution in [0.2, 0.25) is 0 Å². The van der Waals surface area contributed by atoms with E-state index < -0.39 is 0 Å². The number of hydrogen-bond acceptors (Lipinski definition) is 3. The average Bonchev–Trinajstić information content (AvgIpc) is 2.56. The third-order valence-electron chi connectivity index (χ3n) is 3.29. The maximum absolute atomic E-state index is 11.8. The third-order valence-corrected chi connectivity index (χ3v) is 3.29. The molecule has 0 atom stereocenters. The predicted molar refractivity (Wildman–Crippen MR) is 92.3 cm³/mol. The van der Waals surface area contributed by atoms with Crippen LogP contribution in [0, 0.1) is 0 Å². The van der Waals surface area contributed by atoms with E-state index in [2.05, 4.69) is 24.3 Å². The van der Waals surface area contributed by atoms with Crippen molar-refractivity contribution >= 4 is 17.4 Å². The molecule has 23 heavy (non-hydrogen) atoms. The first kappa shape index (κ1) is 16.5. The molecular formula is C18H21N3O2. The summed E-state index contributed by atoms with van der Waals surface area (Å²) in [6, 6.07) is 17.0. The molecule has 0 aliphatic carbocycles. The van der Waals surface area contributed by atoms with Crippen LogP contribution >= 0.6 is 0 Å². The second-order valence-electron chi connectivity index (χ2n) is 5.44. The first-order valence-corrected chi connectivity index (χ1v) is 7.47. The van der Waals surface area contributed by atoms with Crippen LogP contribution in [0.3, 0.4) is 0 Å². The van der Waals surface area contributed by atoms with Crippen LogP contribution in [-0.4, -0.2) is 18.3 Å². The van der Waals surface area contributed by atoms with Gasteiger partial charge >= 0.3 is 0 Å². The number of rotatable bonds is 6. The highest BCUT2D eigenvalue weighted by molar-refractivity contribution is 5.97. The second kappa shape index (κ2) is 7.98. The maximum atomic E-state index is 11.8. The minimum absolute atomic E-state index is 0.195. The predicted octanol–water partition coefficient (Wildman–Crippen LogP) is 3.09. The van der Waals surface area contributed by atoms with Gasteiger partial charge in [-0.2, -0.15) is 0 Å². The quantitative estimate of drug-likeness (QED) is 0.489. The molecule has 2 rings (SSSR count). The Morgan fingerprint density at radius 1 is 1.13 bits per heavy atom. The van der Waals surface area contributed by atoms with Crippen LogP contribution in [0.25, 0.3) is 0 Å². The van der Waals surface area contributed by atoms with Gasteiger partial charge in [0.05, 0.1) is 0 Å². The first-order chi connectivity index (χ1) is 11.1. The van der Waals surface area contributed by atoms with Gasteiger partial charge in [-0.15, -0.1) is 0 Å². The molecule has 0 unspecified atom stereocenters. The summed E-state index contributed by atoms with van der Waals surface area (Å²) < 4.78 is 0. The number of benzene rings is 2. The standard InChI is InChI=1S/C18H21N3O2/c1-13(2)14-8-10-16(11-9-14)20-17(22)12-23-21-18(19)15-6-4-3-5-7-15/h3-11,13H,12H2,1-2H3,(H2,19,21)(H,20,22). The minimum atomic E-state index is -0.285. The number of oxime groups is 1. The average molecular weight is 311 g/mol. The van der Waals surface area contributed by atoms with Gasteiger partial charge in [-0.05, 0) is 23.6 Å². The lowest BCUT2D eigenvalue weighted by Crippen LogP contribution is -2.19. The van der Waals surface area contributed by atoms with Crippen LogP contribution in [-0.2, 0) is 9.63 Å². The highest BCUT2D eigenvalue weighted by atomic mass is 16.6. The number of nitrogens with two attached hydrogens (primary N) is 1. The lowest BCUT2D eigenvalue weighted by Gasteiger charge is -2.08. The summed E-state index contributed by atoms with van der Waals surface area (Å²) in [7, 11) is 0. The van der Waals surface area contributed by atoms with Crippen LogP contribution in [0.4, 0.5) is 5.69 Å². The van der Waals surface area contributed by atoms with Gasteiger partial charge in [0.15, 0.2) is 12.4 Å². The molecule has 0 saturated heterocycles. The summed E-state index contributed by atoms with van der Waals surface area (Å²) in [5.41, 5.74) is 8.47. The summed E-state index contributed by atoms with van der Waals surface area (Å²) in [6.07, 6.45) is 0. The lowest BCUT2D eigenvalue weighted by atomic mass is 10.0. The number of nitrogens with zero attached hydrogens (tertiary/aromatic N) is 1. The van der Waals surface area contributed by atoms with Gasteiger partial charge in [-0.25, -0.2) is 0 Å². The van der Waals surface area contributed by atoms with Gasteiger partial charge in [-0.3, -0.25) is 4.79 Å².